The van der Waals surface area contributed by atoms with Crippen LogP contribution in [0.2, 0.25) is 0 Å². The van der Waals surface area contributed by atoms with Gasteiger partial charge in [-0.3, -0.25) is 4.98 Å². The second kappa shape index (κ2) is 7.24. The molecule has 0 radical (unpaired) electrons. The van der Waals surface area contributed by atoms with Gasteiger partial charge >= 0.3 is 0 Å². The quantitative estimate of drug-likeness (QED) is 0.596. The molecule has 19 heavy (non-hydrogen) atoms. The van der Waals surface area contributed by atoms with E-state index < -0.39 is 0 Å². The molecule has 3 nitrogen and oxygen atoms in total. The molecule has 4 heteroatoms. The lowest BCUT2D eigenvalue weighted by Crippen LogP contribution is -2.03. The van der Waals surface area contributed by atoms with Crippen LogP contribution >= 0.6 is 11.8 Å². The number of nitrogens with two attached hydrogens (primary N) is 1. The minimum Gasteiger partial charge on any atom is -0.397 e. The molecule has 0 spiro atoms. The zero-order chi connectivity index (χ0) is 13.5. The van der Waals surface area contributed by atoms with Gasteiger partial charge in [-0.25, -0.2) is 0 Å². The number of pyridine rings is 1. The first-order valence-corrected chi connectivity index (χ1v) is 8.08. The van der Waals surface area contributed by atoms with Crippen LogP contribution in [0, 0.1) is 0 Å². The van der Waals surface area contributed by atoms with Gasteiger partial charge in [-0.1, -0.05) is 18.6 Å². The van der Waals surface area contributed by atoms with E-state index in [1.54, 1.807) is 0 Å². The van der Waals surface area contributed by atoms with E-state index in [1.807, 2.05) is 36.2 Å². The molecule has 0 unspecified atom stereocenters. The first kappa shape index (κ1) is 14.0. The summed E-state index contributed by atoms with van der Waals surface area (Å²) in [5.74, 6) is 1.26. The summed E-state index contributed by atoms with van der Waals surface area (Å²) in [6.45, 7) is 1.00. The van der Waals surface area contributed by atoms with Crippen molar-refractivity contribution in [3.63, 3.8) is 0 Å². The zero-order valence-electron chi connectivity index (χ0n) is 11.4. The summed E-state index contributed by atoms with van der Waals surface area (Å²) in [6.07, 6.45) is 7.75. The number of thioether (sulfide) groups is 1. The second-order valence-electron chi connectivity index (χ2n) is 4.58. The van der Waals surface area contributed by atoms with E-state index >= 15 is 0 Å². The Morgan fingerprint density at radius 3 is 2.95 bits per heavy atom. The smallest absolute Gasteiger partial charge is 0.0951 e. The average Bonchev–Trinajstić information content (AvgIpc) is 2.43. The first-order valence-electron chi connectivity index (χ1n) is 6.69. The number of anilines is 2. The monoisotopic (exact) mass is 275 g/mol. The van der Waals surface area contributed by atoms with E-state index in [0.29, 0.717) is 0 Å². The van der Waals surface area contributed by atoms with Gasteiger partial charge in [0.2, 0.25) is 0 Å². The molecule has 0 aliphatic heterocycles. The fourth-order valence-electron chi connectivity index (χ4n) is 2.12. The van der Waals surface area contributed by atoms with Crippen molar-refractivity contribution < 1.29 is 0 Å². The highest BCUT2D eigenvalue weighted by molar-refractivity contribution is 7.98. The molecule has 0 saturated carbocycles. The Labute approximate surface area is 119 Å². The standard InChI is InChI=1S/C15H21N3S/c1-19-11-4-2-3-9-17-14-8-10-18-15-12(14)6-5-7-13(15)16/h5-8,10H,2-4,9,11,16H2,1H3,(H,17,18). The summed E-state index contributed by atoms with van der Waals surface area (Å²) < 4.78 is 0. The topological polar surface area (TPSA) is 50.9 Å². The molecule has 1 heterocycles. The van der Waals surface area contributed by atoms with Crippen molar-refractivity contribution in [2.24, 2.45) is 0 Å². The maximum absolute atomic E-state index is 5.94. The zero-order valence-corrected chi connectivity index (χ0v) is 12.2. The van der Waals surface area contributed by atoms with Crippen molar-refractivity contribution in [2.75, 3.05) is 29.6 Å². The van der Waals surface area contributed by atoms with Crippen LogP contribution in [-0.4, -0.2) is 23.5 Å². The minimum atomic E-state index is 0.737. The lowest BCUT2D eigenvalue weighted by molar-refractivity contribution is 0.750. The number of hydrogen-bond acceptors (Lipinski definition) is 4. The minimum absolute atomic E-state index is 0.737. The molecule has 1 aromatic heterocycles. The molecule has 2 rings (SSSR count). The van der Waals surface area contributed by atoms with Gasteiger partial charge in [-0.15, -0.1) is 0 Å². The SMILES string of the molecule is CSCCCCCNc1ccnc2c(N)cccc12. The summed E-state index contributed by atoms with van der Waals surface area (Å²) in [6, 6.07) is 7.95. The van der Waals surface area contributed by atoms with Crippen LogP contribution in [0.15, 0.2) is 30.5 Å². The van der Waals surface area contributed by atoms with Crippen LogP contribution in [0.5, 0.6) is 0 Å². The normalized spacial score (nSPS) is 10.8. The number of rotatable bonds is 7. The molecule has 0 fully saturated rings. The highest BCUT2D eigenvalue weighted by atomic mass is 32.2. The summed E-state index contributed by atoms with van der Waals surface area (Å²) in [7, 11) is 0. The van der Waals surface area contributed by atoms with Crippen LogP contribution < -0.4 is 11.1 Å². The van der Waals surface area contributed by atoms with E-state index in [9.17, 15) is 0 Å². The number of hydrogen-bond donors (Lipinski definition) is 2. The molecule has 0 bridgehead atoms. The molecular weight excluding hydrogens is 254 g/mol. The average molecular weight is 275 g/mol. The fraction of sp³-hybridized carbons (Fsp3) is 0.400. The Hall–Kier alpha value is -1.42. The number of benzene rings is 1. The largest absolute Gasteiger partial charge is 0.397 e. The molecule has 1 aromatic carbocycles. The van der Waals surface area contributed by atoms with Crippen LogP contribution in [-0.2, 0) is 0 Å². The molecule has 0 amide bonds. The van der Waals surface area contributed by atoms with Crippen molar-refractivity contribution in [2.45, 2.75) is 19.3 Å². The first-order chi connectivity index (χ1) is 9.33. The lowest BCUT2D eigenvalue weighted by atomic mass is 10.1. The fourth-order valence-corrected chi connectivity index (χ4v) is 2.62. The number of nitrogens with zero attached hydrogens (tertiary/aromatic N) is 1. The predicted molar refractivity (Wildman–Crippen MR) is 86.9 cm³/mol. The van der Waals surface area contributed by atoms with Gasteiger partial charge in [0, 0.05) is 23.8 Å². The van der Waals surface area contributed by atoms with Crippen LogP contribution in [0.25, 0.3) is 10.9 Å². The summed E-state index contributed by atoms with van der Waals surface area (Å²) in [4.78, 5) is 4.34. The highest BCUT2D eigenvalue weighted by Crippen LogP contribution is 2.25. The molecule has 2 aromatic rings. The molecular formula is C15H21N3S. The van der Waals surface area contributed by atoms with Gasteiger partial charge in [0.25, 0.3) is 0 Å². The Bertz CT molecular complexity index is 528. The van der Waals surface area contributed by atoms with Gasteiger partial charge in [-0.2, -0.15) is 11.8 Å². The second-order valence-corrected chi connectivity index (χ2v) is 5.57. The molecule has 0 aliphatic carbocycles. The predicted octanol–water partition coefficient (Wildman–Crippen LogP) is 3.76. The Morgan fingerprint density at radius 1 is 1.21 bits per heavy atom. The third-order valence-electron chi connectivity index (χ3n) is 3.14. The third kappa shape index (κ3) is 3.77. The number of aromatic nitrogens is 1. The van der Waals surface area contributed by atoms with Gasteiger partial charge in [0.1, 0.15) is 0 Å². The van der Waals surface area contributed by atoms with Gasteiger partial charge in [0.15, 0.2) is 0 Å². The Morgan fingerprint density at radius 2 is 2.11 bits per heavy atom. The van der Waals surface area contributed by atoms with Crippen molar-refractivity contribution in [3.8, 4) is 0 Å². The molecule has 0 aliphatic rings. The van der Waals surface area contributed by atoms with Crippen molar-refractivity contribution in [1.82, 2.24) is 4.98 Å². The van der Waals surface area contributed by atoms with E-state index in [-0.39, 0.29) is 0 Å². The Kier molecular flexibility index (Phi) is 5.33. The van der Waals surface area contributed by atoms with Crippen LogP contribution in [0.1, 0.15) is 19.3 Å². The van der Waals surface area contributed by atoms with Gasteiger partial charge in [0.05, 0.1) is 11.2 Å². The van der Waals surface area contributed by atoms with Crippen LogP contribution in [0.4, 0.5) is 11.4 Å². The molecule has 102 valence electrons. The van der Waals surface area contributed by atoms with Gasteiger partial charge < -0.3 is 11.1 Å². The summed E-state index contributed by atoms with van der Waals surface area (Å²) in [5, 5.41) is 4.59. The van der Waals surface area contributed by atoms with Crippen molar-refractivity contribution in [1.29, 1.82) is 0 Å². The van der Waals surface area contributed by atoms with Crippen molar-refractivity contribution >= 4 is 34.0 Å². The maximum atomic E-state index is 5.94. The van der Waals surface area contributed by atoms with Crippen molar-refractivity contribution in [3.05, 3.63) is 30.5 Å². The number of unbranched alkanes of at least 4 members (excludes halogenated alkanes) is 2. The third-order valence-corrected chi connectivity index (χ3v) is 3.84. The number of nitrogen functional groups attached to an aromatic ring is 1. The number of fused-ring (bicyclic) bond motifs is 1. The van der Waals surface area contributed by atoms with E-state index in [0.717, 1.165) is 28.8 Å². The molecule has 0 atom stereocenters. The Balaban J connectivity index is 1.95. The van der Waals surface area contributed by atoms with Crippen LogP contribution in [0.3, 0.4) is 0 Å². The van der Waals surface area contributed by atoms with E-state index in [1.165, 1.54) is 25.0 Å². The van der Waals surface area contributed by atoms with Gasteiger partial charge in [-0.05, 0) is 37.0 Å². The molecule has 3 N–H and O–H groups in total. The van der Waals surface area contributed by atoms with E-state index in [4.69, 9.17) is 5.73 Å². The number of para-hydroxylation sites is 1. The highest BCUT2D eigenvalue weighted by Gasteiger charge is 2.03. The summed E-state index contributed by atoms with van der Waals surface area (Å²) in [5.41, 5.74) is 8.69. The lowest BCUT2D eigenvalue weighted by Gasteiger charge is -2.10. The summed E-state index contributed by atoms with van der Waals surface area (Å²) >= 11 is 1.92. The van der Waals surface area contributed by atoms with E-state index in [2.05, 4.69) is 22.6 Å². The number of nitrogens with one attached hydrogen (secondary N) is 1. The maximum Gasteiger partial charge on any atom is 0.0951 e. The molecule has 0 saturated heterocycles.